The van der Waals surface area contributed by atoms with Gasteiger partial charge in [0.05, 0.1) is 0 Å². The fourth-order valence-electron chi connectivity index (χ4n) is 4.40. The Morgan fingerprint density at radius 3 is 1.02 bits per heavy atom. The molecule has 0 aliphatic carbocycles. The lowest BCUT2D eigenvalue weighted by molar-refractivity contribution is 0.445. The van der Waals surface area contributed by atoms with Crippen LogP contribution in [0.1, 0.15) is 116 Å². The molecule has 0 unspecified atom stereocenters. The molecule has 0 aliphatic rings. The summed E-state index contributed by atoms with van der Waals surface area (Å²) in [7, 11) is 0. The molecule has 4 nitrogen and oxygen atoms in total. The Kier molecular flexibility index (Phi) is 8.46. The summed E-state index contributed by atoms with van der Waals surface area (Å²) in [6, 6.07) is 16.1. The fourth-order valence-corrected chi connectivity index (χ4v) is 4.40. The van der Waals surface area contributed by atoms with Gasteiger partial charge in [0.1, 0.15) is 22.9 Å². The normalized spacial score (nSPS) is 13.5. The summed E-state index contributed by atoms with van der Waals surface area (Å²) >= 11 is 0. The number of rotatable bonds is 4. The predicted molar refractivity (Wildman–Crippen MR) is 172 cm³/mol. The Bertz CT molecular complexity index is 1310. The summed E-state index contributed by atoms with van der Waals surface area (Å²) in [5, 5.41) is 22.1. The largest absolute Gasteiger partial charge is 0.505 e. The molecule has 0 saturated heterocycles. The zero-order valence-corrected chi connectivity index (χ0v) is 26.6. The Balaban J connectivity index is 1.92. The van der Waals surface area contributed by atoms with Crippen LogP contribution in [0.15, 0.2) is 58.5 Å². The molecular formula is C36H48N2O2. The van der Waals surface area contributed by atoms with Crippen molar-refractivity contribution in [2.24, 2.45) is 9.98 Å². The first-order valence-corrected chi connectivity index (χ1v) is 14.1. The van der Waals surface area contributed by atoms with E-state index in [0.717, 1.165) is 33.4 Å². The molecule has 0 radical (unpaired) electrons. The molecule has 0 heterocycles. The van der Waals surface area contributed by atoms with Gasteiger partial charge in [-0.25, -0.2) is 0 Å². The van der Waals surface area contributed by atoms with Gasteiger partial charge in [-0.2, -0.15) is 0 Å². The molecule has 0 aliphatic heterocycles. The third kappa shape index (κ3) is 7.41. The van der Waals surface area contributed by atoms with Gasteiger partial charge in [0.15, 0.2) is 0 Å². The van der Waals surface area contributed by atoms with E-state index in [-0.39, 0.29) is 33.2 Å². The molecule has 2 N–H and O–H groups in total. The number of phenolic OH excluding ortho intramolecular Hbond substituents is 2. The van der Waals surface area contributed by atoms with E-state index in [0.29, 0.717) is 11.4 Å². The molecule has 40 heavy (non-hydrogen) atoms. The van der Waals surface area contributed by atoms with Crippen molar-refractivity contribution in [3.05, 3.63) is 81.9 Å². The van der Waals surface area contributed by atoms with Gasteiger partial charge in [0, 0.05) is 23.6 Å². The summed E-state index contributed by atoms with van der Waals surface area (Å²) < 4.78 is 0. The molecule has 0 aromatic heterocycles. The highest BCUT2D eigenvalue weighted by Crippen LogP contribution is 2.43. The molecule has 3 rings (SSSR count). The molecule has 4 heteroatoms. The second-order valence-electron chi connectivity index (χ2n) is 15.0. The van der Waals surface area contributed by atoms with Crippen molar-refractivity contribution in [1.29, 1.82) is 0 Å². The van der Waals surface area contributed by atoms with E-state index in [1.165, 1.54) is 0 Å². The topological polar surface area (TPSA) is 65.2 Å². The van der Waals surface area contributed by atoms with E-state index in [9.17, 15) is 10.2 Å². The maximum absolute atomic E-state index is 11.0. The Hall–Kier alpha value is -3.40. The van der Waals surface area contributed by atoms with Crippen molar-refractivity contribution in [1.82, 2.24) is 0 Å². The first-order valence-electron chi connectivity index (χ1n) is 14.1. The molecule has 0 atom stereocenters. The van der Waals surface area contributed by atoms with Crippen LogP contribution in [0, 0.1) is 0 Å². The molecule has 0 bridgehead atoms. The number of phenols is 2. The number of aromatic hydroxyl groups is 2. The van der Waals surface area contributed by atoms with Crippen LogP contribution in [0.4, 0.5) is 11.4 Å². The first-order chi connectivity index (χ1) is 18.2. The van der Waals surface area contributed by atoms with Crippen molar-refractivity contribution in [2.75, 3.05) is 0 Å². The summed E-state index contributed by atoms with van der Waals surface area (Å²) in [6.45, 7) is 25.6. The van der Waals surface area contributed by atoms with Crippen molar-refractivity contribution in [3.8, 4) is 11.5 Å². The summed E-state index contributed by atoms with van der Waals surface area (Å²) in [4.78, 5) is 9.37. The summed E-state index contributed by atoms with van der Waals surface area (Å²) in [6.07, 6.45) is 3.56. The quantitative estimate of drug-likeness (QED) is 0.323. The first kappa shape index (κ1) is 31.1. The standard InChI is InChI=1S/C36H48N2O2/c1-33(2,3)25-17-27(35(7,8)9)31(39)29(19-25)37-21-23-13-15-24(16-14-23)22-38-30-20-26(34(4,5)6)18-28(32(30)40)36(10,11)12/h13-22,39-40H,1-12H3. The highest BCUT2D eigenvalue weighted by Gasteiger charge is 2.26. The van der Waals surface area contributed by atoms with E-state index in [4.69, 9.17) is 0 Å². The van der Waals surface area contributed by atoms with Crippen LogP contribution in [-0.4, -0.2) is 22.6 Å². The van der Waals surface area contributed by atoms with Crippen LogP contribution >= 0.6 is 0 Å². The van der Waals surface area contributed by atoms with Crippen LogP contribution in [0.3, 0.4) is 0 Å². The Morgan fingerprint density at radius 1 is 0.475 bits per heavy atom. The van der Waals surface area contributed by atoms with Crippen LogP contribution in [0.5, 0.6) is 11.5 Å². The molecule has 0 amide bonds. The van der Waals surface area contributed by atoms with Gasteiger partial charge in [-0.3, -0.25) is 9.98 Å². The smallest absolute Gasteiger partial charge is 0.144 e. The van der Waals surface area contributed by atoms with Crippen molar-refractivity contribution >= 4 is 23.8 Å². The summed E-state index contributed by atoms with van der Waals surface area (Å²) in [5.41, 5.74) is 6.53. The number of nitrogens with zero attached hydrogens (tertiary/aromatic N) is 2. The number of benzene rings is 3. The highest BCUT2D eigenvalue weighted by atomic mass is 16.3. The molecule has 0 saturated carbocycles. The number of aliphatic imine (C=N–C) groups is 2. The van der Waals surface area contributed by atoms with Gasteiger partial charge in [0.2, 0.25) is 0 Å². The molecule has 0 fully saturated rings. The molecule has 0 spiro atoms. The van der Waals surface area contributed by atoms with Crippen LogP contribution in [-0.2, 0) is 21.7 Å². The third-order valence-electron chi connectivity index (χ3n) is 7.17. The zero-order chi connectivity index (χ0) is 30.3. The van der Waals surface area contributed by atoms with Crippen molar-refractivity contribution in [2.45, 2.75) is 105 Å². The average Bonchev–Trinajstić information content (AvgIpc) is 2.80. The number of hydrogen-bond acceptors (Lipinski definition) is 4. The van der Waals surface area contributed by atoms with E-state index in [1.54, 1.807) is 12.4 Å². The van der Waals surface area contributed by atoms with Gasteiger partial charge >= 0.3 is 0 Å². The SMILES string of the molecule is CC(C)(C)c1cc(N=Cc2ccc(C=Nc3cc(C(C)(C)C)cc(C(C)(C)C)c3O)cc2)c(O)c(C(C)(C)C)c1. The number of hydrogen-bond donors (Lipinski definition) is 2. The lowest BCUT2D eigenvalue weighted by Crippen LogP contribution is -2.16. The van der Waals surface area contributed by atoms with Gasteiger partial charge < -0.3 is 10.2 Å². The second-order valence-corrected chi connectivity index (χ2v) is 15.0. The van der Waals surface area contributed by atoms with Crippen LogP contribution in [0.25, 0.3) is 0 Å². The molecule has 214 valence electrons. The average molecular weight is 541 g/mol. The molecule has 3 aromatic carbocycles. The minimum absolute atomic E-state index is 0.0621. The summed E-state index contributed by atoms with van der Waals surface area (Å²) in [5.74, 6) is 0.458. The van der Waals surface area contributed by atoms with Crippen LogP contribution in [0.2, 0.25) is 0 Å². The van der Waals surface area contributed by atoms with E-state index in [1.807, 2.05) is 36.4 Å². The third-order valence-corrected chi connectivity index (χ3v) is 7.17. The predicted octanol–water partition coefficient (Wildman–Crippen LogP) is 9.79. The monoisotopic (exact) mass is 540 g/mol. The lowest BCUT2D eigenvalue weighted by Gasteiger charge is -2.26. The van der Waals surface area contributed by atoms with E-state index < -0.39 is 0 Å². The highest BCUT2D eigenvalue weighted by molar-refractivity contribution is 5.87. The van der Waals surface area contributed by atoms with Crippen molar-refractivity contribution < 1.29 is 10.2 Å². The zero-order valence-electron chi connectivity index (χ0n) is 26.6. The van der Waals surface area contributed by atoms with Crippen molar-refractivity contribution in [3.63, 3.8) is 0 Å². The lowest BCUT2D eigenvalue weighted by atomic mass is 9.79. The maximum Gasteiger partial charge on any atom is 0.144 e. The Labute approximate surface area is 241 Å². The van der Waals surface area contributed by atoms with Gasteiger partial charge in [-0.05, 0) is 56.0 Å². The molecular weight excluding hydrogens is 492 g/mol. The van der Waals surface area contributed by atoms with E-state index >= 15 is 0 Å². The Morgan fingerprint density at radius 2 is 0.775 bits per heavy atom. The molecule has 3 aromatic rings. The second kappa shape index (κ2) is 10.9. The minimum atomic E-state index is -0.203. The fraction of sp³-hybridized carbons (Fsp3) is 0.444. The van der Waals surface area contributed by atoms with Crippen LogP contribution < -0.4 is 0 Å². The maximum atomic E-state index is 11.0. The van der Waals surface area contributed by atoms with Gasteiger partial charge in [-0.15, -0.1) is 0 Å². The van der Waals surface area contributed by atoms with Gasteiger partial charge in [0.25, 0.3) is 0 Å². The van der Waals surface area contributed by atoms with Gasteiger partial charge in [-0.1, -0.05) is 119 Å². The minimum Gasteiger partial charge on any atom is -0.505 e. The van der Waals surface area contributed by atoms with E-state index in [2.05, 4.69) is 105 Å².